The number of rotatable bonds is 5. The number of nitrogens with zero attached hydrogens (tertiary/aromatic N) is 2. The summed E-state index contributed by atoms with van der Waals surface area (Å²) in [4.78, 5) is 40.4. The summed E-state index contributed by atoms with van der Waals surface area (Å²) in [6.07, 6.45) is 1.66. The highest BCUT2D eigenvalue weighted by Crippen LogP contribution is 2.32. The molecule has 0 bridgehead atoms. The highest BCUT2D eigenvalue weighted by molar-refractivity contribution is 8.18. The lowest BCUT2D eigenvalue weighted by Crippen LogP contribution is -2.40. The number of carbonyl (C=O) groups is 3. The molecule has 26 heavy (non-hydrogen) atoms. The summed E-state index contributed by atoms with van der Waals surface area (Å²) in [6.45, 7) is -0.0511. The second-order valence-electron chi connectivity index (χ2n) is 5.66. The van der Waals surface area contributed by atoms with E-state index in [2.05, 4.69) is 0 Å². The fourth-order valence-electron chi connectivity index (χ4n) is 2.35. The number of thiophene rings is 1. The number of benzene rings is 1. The van der Waals surface area contributed by atoms with Gasteiger partial charge in [-0.2, -0.15) is 0 Å². The first-order valence-corrected chi connectivity index (χ1v) is 9.41. The van der Waals surface area contributed by atoms with Gasteiger partial charge in [-0.3, -0.25) is 19.3 Å². The van der Waals surface area contributed by atoms with Crippen LogP contribution >= 0.6 is 23.1 Å². The fraction of sp³-hybridized carbons (Fsp3) is 0.167. The van der Waals surface area contributed by atoms with Gasteiger partial charge in [0.1, 0.15) is 12.4 Å². The van der Waals surface area contributed by atoms with Crippen LogP contribution in [0.4, 0.5) is 9.18 Å². The minimum atomic E-state index is -0.461. The van der Waals surface area contributed by atoms with Crippen LogP contribution in [0.2, 0.25) is 0 Å². The maximum absolute atomic E-state index is 12.9. The molecule has 1 aliphatic heterocycles. The Morgan fingerprint density at radius 1 is 1.23 bits per heavy atom. The van der Waals surface area contributed by atoms with E-state index in [-0.39, 0.29) is 24.8 Å². The molecule has 1 aliphatic rings. The third-order valence-electron chi connectivity index (χ3n) is 3.74. The van der Waals surface area contributed by atoms with Gasteiger partial charge in [-0.05, 0) is 47.0 Å². The molecule has 3 rings (SSSR count). The number of likely N-dealkylation sites (N-methyl/N-ethyl adjacent to an activating group) is 1. The Labute approximate surface area is 158 Å². The monoisotopic (exact) mass is 390 g/mol. The van der Waals surface area contributed by atoms with E-state index in [1.165, 1.54) is 28.4 Å². The lowest BCUT2D eigenvalue weighted by Gasteiger charge is -2.20. The van der Waals surface area contributed by atoms with Crippen LogP contribution in [0.3, 0.4) is 0 Å². The van der Waals surface area contributed by atoms with Gasteiger partial charge in [-0.25, -0.2) is 4.39 Å². The van der Waals surface area contributed by atoms with Crippen molar-refractivity contribution in [2.45, 2.75) is 6.54 Å². The minimum Gasteiger partial charge on any atom is -0.340 e. The van der Waals surface area contributed by atoms with E-state index < -0.39 is 11.1 Å². The summed E-state index contributed by atoms with van der Waals surface area (Å²) in [7, 11) is 1.58. The van der Waals surface area contributed by atoms with Crippen LogP contribution in [-0.4, -0.2) is 40.4 Å². The van der Waals surface area contributed by atoms with E-state index in [1.54, 1.807) is 25.3 Å². The Bertz CT molecular complexity index is 863. The number of thioether (sulfide) groups is 1. The van der Waals surface area contributed by atoms with Crippen LogP contribution < -0.4 is 0 Å². The van der Waals surface area contributed by atoms with Crippen molar-refractivity contribution in [1.82, 2.24) is 9.80 Å². The van der Waals surface area contributed by atoms with Gasteiger partial charge in [0, 0.05) is 18.5 Å². The molecule has 0 saturated carbocycles. The average Bonchev–Trinajstić information content (AvgIpc) is 3.21. The van der Waals surface area contributed by atoms with Gasteiger partial charge in [-0.15, -0.1) is 11.3 Å². The maximum Gasteiger partial charge on any atom is 0.294 e. The summed E-state index contributed by atoms with van der Waals surface area (Å²) in [5, 5.41) is 1.42. The molecule has 5 nitrogen and oxygen atoms in total. The predicted octanol–water partition coefficient (Wildman–Crippen LogP) is 3.58. The van der Waals surface area contributed by atoms with E-state index in [0.29, 0.717) is 4.91 Å². The second-order valence-corrected chi connectivity index (χ2v) is 7.63. The third kappa shape index (κ3) is 4.20. The van der Waals surface area contributed by atoms with Gasteiger partial charge >= 0.3 is 0 Å². The topological polar surface area (TPSA) is 57.7 Å². The van der Waals surface area contributed by atoms with Gasteiger partial charge in [0.2, 0.25) is 5.91 Å². The molecule has 1 fully saturated rings. The standard InChI is InChI=1S/C18H15FN2O3S2/c1-20(10-12-4-6-13(19)7-5-12)16(22)11-21-17(23)15(26-18(21)24)9-14-3-2-8-25-14/h2-9H,10-11H2,1H3/b15-9-. The summed E-state index contributed by atoms with van der Waals surface area (Å²) in [5.74, 6) is -1.18. The van der Waals surface area contributed by atoms with Crippen LogP contribution in [0.15, 0.2) is 46.7 Å². The van der Waals surface area contributed by atoms with E-state index in [9.17, 15) is 18.8 Å². The van der Waals surface area contributed by atoms with Gasteiger partial charge in [0.25, 0.3) is 11.1 Å². The Hall–Kier alpha value is -2.45. The predicted molar refractivity (Wildman–Crippen MR) is 99.9 cm³/mol. The largest absolute Gasteiger partial charge is 0.340 e. The molecule has 1 aromatic heterocycles. The molecule has 1 aromatic carbocycles. The Morgan fingerprint density at radius 2 is 1.96 bits per heavy atom. The molecular weight excluding hydrogens is 375 g/mol. The first-order chi connectivity index (χ1) is 12.4. The number of halogens is 1. The van der Waals surface area contributed by atoms with Crippen molar-refractivity contribution in [3.05, 3.63) is 62.9 Å². The summed E-state index contributed by atoms with van der Waals surface area (Å²) in [6, 6.07) is 9.51. The van der Waals surface area contributed by atoms with Crippen LogP contribution in [0.1, 0.15) is 10.4 Å². The zero-order valence-corrected chi connectivity index (χ0v) is 15.5. The number of hydrogen-bond donors (Lipinski definition) is 0. The van der Waals surface area contributed by atoms with Crippen molar-refractivity contribution in [2.75, 3.05) is 13.6 Å². The number of imide groups is 1. The number of hydrogen-bond acceptors (Lipinski definition) is 5. The molecule has 0 radical (unpaired) electrons. The first-order valence-electron chi connectivity index (χ1n) is 7.71. The molecular formula is C18H15FN2O3S2. The first kappa shape index (κ1) is 18.3. The van der Waals surface area contributed by atoms with Gasteiger partial charge < -0.3 is 4.90 Å². The zero-order chi connectivity index (χ0) is 18.7. The van der Waals surface area contributed by atoms with Crippen molar-refractivity contribution >= 4 is 46.2 Å². The highest BCUT2D eigenvalue weighted by Gasteiger charge is 2.36. The SMILES string of the molecule is CN(Cc1ccc(F)cc1)C(=O)CN1C(=O)S/C(=C\c2cccs2)C1=O. The lowest BCUT2D eigenvalue weighted by atomic mass is 10.2. The summed E-state index contributed by atoms with van der Waals surface area (Å²) < 4.78 is 12.9. The van der Waals surface area contributed by atoms with Gasteiger partial charge in [0.05, 0.1) is 4.91 Å². The van der Waals surface area contributed by atoms with Crippen molar-refractivity contribution in [3.63, 3.8) is 0 Å². The molecule has 0 aliphatic carbocycles. The van der Waals surface area contributed by atoms with E-state index in [1.807, 2.05) is 17.5 Å². The van der Waals surface area contributed by atoms with Crippen molar-refractivity contribution in [1.29, 1.82) is 0 Å². The van der Waals surface area contributed by atoms with Crippen molar-refractivity contribution in [2.24, 2.45) is 0 Å². The fourth-order valence-corrected chi connectivity index (χ4v) is 3.91. The van der Waals surface area contributed by atoms with Gasteiger partial charge in [-0.1, -0.05) is 18.2 Å². The Kier molecular flexibility index (Phi) is 5.53. The van der Waals surface area contributed by atoms with E-state index in [0.717, 1.165) is 27.1 Å². The van der Waals surface area contributed by atoms with Crippen LogP contribution in [-0.2, 0) is 16.1 Å². The molecule has 134 valence electrons. The molecule has 3 amide bonds. The molecule has 0 spiro atoms. The molecule has 1 saturated heterocycles. The molecule has 8 heteroatoms. The van der Waals surface area contributed by atoms with Gasteiger partial charge in [0.15, 0.2) is 0 Å². The molecule has 2 aromatic rings. The number of carbonyl (C=O) groups excluding carboxylic acids is 3. The average molecular weight is 390 g/mol. The minimum absolute atomic E-state index is 0.264. The van der Waals surface area contributed by atoms with Crippen molar-refractivity contribution < 1.29 is 18.8 Å². The second kappa shape index (κ2) is 7.84. The summed E-state index contributed by atoms with van der Waals surface area (Å²) in [5.41, 5.74) is 0.758. The molecule has 0 atom stereocenters. The Balaban J connectivity index is 1.64. The quantitative estimate of drug-likeness (QED) is 0.733. The van der Waals surface area contributed by atoms with Crippen LogP contribution in [0, 0.1) is 5.82 Å². The van der Waals surface area contributed by atoms with Crippen molar-refractivity contribution in [3.8, 4) is 0 Å². The smallest absolute Gasteiger partial charge is 0.294 e. The lowest BCUT2D eigenvalue weighted by molar-refractivity contribution is -0.135. The molecule has 2 heterocycles. The normalized spacial score (nSPS) is 15.8. The molecule has 0 N–H and O–H groups in total. The third-order valence-corrected chi connectivity index (χ3v) is 5.47. The maximum atomic E-state index is 12.9. The number of amides is 3. The van der Waals surface area contributed by atoms with Crippen LogP contribution in [0.25, 0.3) is 6.08 Å². The van der Waals surface area contributed by atoms with E-state index in [4.69, 9.17) is 0 Å². The summed E-state index contributed by atoms with van der Waals surface area (Å²) >= 11 is 2.29. The zero-order valence-electron chi connectivity index (χ0n) is 13.8. The van der Waals surface area contributed by atoms with Crippen LogP contribution in [0.5, 0.6) is 0 Å². The molecule has 0 unspecified atom stereocenters. The Morgan fingerprint density at radius 3 is 2.62 bits per heavy atom. The van der Waals surface area contributed by atoms with E-state index >= 15 is 0 Å². The highest BCUT2D eigenvalue weighted by atomic mass is 32.2.